The molecule has 1 aliphatic heterocycles. The second-order valence-electron chi connectivity index (χ2n) is 6.31. The lowest BCUT2D eigenvalue weighted by molar-refractivity contribution is -0.298. The minimum Gasteiger partial charge on any atom is -0.379 e. The Balaban J connectivity index is 1.82. The highest BCUT2D eigenvalue weighted by molar-refractivity contribution is 5.50. The third kappa shape index (κ3) is 1.51. The lowest BCUT2D eigenvalue weighted by atomic mass is 9.58. The van der Waals surface area contributed by atoms with E-state index in [9.17, 15) is 5.11 Å². The zero-order valence-corrected chi connectivity index (χ0v) is 11.8. The number of rotatable bonds is 0. The van der Waals surface area contributed by atoms with Gasteiger partial charge >= 0.3 is 0 Å². The van der Waals surface area contributed by atoms with E-state index in [1.165, 1.54) is 24.8 Å². The molecule has 0 amide bonds. The highest BCUT2D eigenvalue weighted by atomic mass is 16.7. The largest absolute Gasteiger partial charge is 0.379 e. The minimum atomic E-state index is -0.954. The highest BCUT2D eigenvalue weighted by Crippen LogP contribution is 2.61. The van der Waals surface area contributed by atoms with Gasteiger partial charge in [0.05, 0.1) is 13.2 Å². The summed E-state index contributed by atoms with van der Waals surface area (Å²) in [5, 5.41) is 11.5. The first-order chi connectivity index (χ1) is 9.78. The van der Waals surface area contributed by atoms with Gasteiger partial charge in [-0.2, -0.15) is 0 Å². The number of fused-ring (bicyclic) bond motifs is 5. The number of benzene rings is 1. The fraction of sp³-hybridized carbons (Fsp3) is 0.647. The SMILES string of the molecule is O[C@@]12c3ccccc3[C@H]1CCCCCCC21OCCO1. The molecule has 1 spiro atoms. The second kappa shape index (κ2) is 4.55. The van der Waals surface area contributed by atoms with Gasteiger partial charge in [-0.15, -0.1) is 0 Å². The molecule has 0 unspecified atom stereocenters. The van der Waals surface area contributed by atoms with Gasteiger partial charge < -0.3 is 14.6 Å². The Hall–Kier alpha value is -0.900. The van der Waals surface area contributed by atoms with Crippen molar-refractivity contribution in [2.24, 2.45) is 0 Å². The van der Waals surface area contributed by atoms with Crippen molar-refractivity contribution in [2.75, 3.05) is 13.2 Å². The Morgan fingerprint density at radius 3 is 2.60 bits per heavy atom. The third-order valence-electron chi connectivity index (χ3n) is 5.33. The number of ether oxygens (including phenoxy) is 2. The van der Waals surface area contributed by atoms with E-state index in [4.69, 9.17) is 9.47 Å². The molecule has 108 valence electrons. The summed E-state index contributed by atoms with van der Waals surface area (Å²) in [4.78, 5) is 0. The Kier molecular flexibility index (Phi) is 2.92. The molecule has 3 nitrogen and oxygen atoms in total. The Bertz CT molecular complexity index is 507. The molecule has 1 saturated carbocycles. The first-order valence-electron chi connectivity index (χ1n) is 7.88. The second-order valence-corrected chi connectivity index (χ2v) is 6.31. The number of hydrogen-bond donors (Lipinski definition) is 1. The van der Waals surface area contributed by atoms with Crippen LogP contribution in [0.1, 0.15) is 55.6 Å². The van der Waals surface area contributed by atoms with E-state index >= 15 is 0 Å². The van der Waals surface area contributed by atoms with Crippen molar-refractivity contribution in [3.05, 3.63) is 35.4 Å². The zero-order chi connectivity index (χ0) is 13.6. The van der Waals surface area contributed by atoms with Crippen molar-refractivity contribution >= 4 is 0 Å². The van der Waals surface area contributed by atoms with Crippen LogP contribution in [0, 0.1) is 0 Å². The molecule has 3 aliphatic rings. The number of hydrogen-bond acceptors (Lipinski definition) is 3. The Morgan fingerprint density at radius 2 is 1.75 bits per heavy atom. The summed E-state index contributed by atoms with van der Waals surface area (Å²) in [6.45, 7) is 1.19. The standard InChI is InChI=1S/C17H22O3/c18-17-14(13-7-4-5-9-15(13)17)8-3-1-2-6-10-16(17)19-11-12-20-16/h4-5,7,9,14,18H,1-3,6,8,10-12H2/t14-,17-/m1/s1. The van der Waals surface area contributed by atoms with Crippen LogP contribution in [0.2, 0.25) is 0 Å². The molecule has 1 saturated heterocycles. The minimum absolute atomic E-state index is 0.162. The van der Waals surface area contributed by atoms with Gasteiger partial charge in [-0.25, -0.2) is 0 Å². The quantitative estimate of drug-likeness (QED) is 0.790. The zero-order valence-electron chi connectivity index (χ0n) is 11.8. The molecule has 0 bridgehead atoms. The molecule has 1 aromatic carbocycles. The van der Waals surface area contributed by atoms with Crippen molar-refractivity contribution in [3.63, 3.8) is 0 Å². The average Bonchev–Trinajstić information content (AvgIpc) is 2.96. The normalized spacial score (nSPS) is 35.4. The molecule has 3 heteroatoms. The fourth-order valence-electron chi connectivity index (χ4n) is 4.39. The van der Waals surface area contributed by atoms with Crippen LogP contribution in [-0.4, -0.2) is 24.1 Å². The van der Waals surface area contributed by atoms with Gasteiger partial charge in [-0.1, -0.05) is 43.5 Å². The van der Waals surface area contributed by atoms with E-state index in [0.29, 0.717) is 13.2 Å². The van der Waals surface area contributed by atoms with Gasteiger partial charge in [0.15, 0.2) is 5.60 Å². The number of aliphatic hydroxyl groups is 1. The summed E-state index contributed by atoms with van der Waals surface area (Å²) in [6, 6.07) is 8.25. The summed E-state index contributed by atoms with van der Waals surface area (Å²) in [7, 11) is 0. The van der Waals surface area contributed by atoms with Gasteiger partial charge in [-0.3, -0.25) is 0 Å². The molecule has 4 rings (SSSR count). The van der Waals surface area contributed by atoms with Gasteiger partial charge in [-0.05, 0) is 24.0 Å². The summed E-state index contributed by atoms with van der Waals surface area (Å²) in [5.41, 5.74) is 1.36. The van der Waals surface area contributed by atoms with Crippen molar-refractivity contribution < 1.29 is 14.6 Å². The Morgan fingerprint density at radius 1 is 1.00 bits per heavy atom. The molecule has 2 fully saturated rings. The molecule has 0 aromatic heterocycles. The van der Waals surface area contributed by atoms with Gasteiger partial charge in [0, 0.05) is 12.3 Å². The van der Waals surface area contributed by atoms with E-state index < -0.39 is 11.4 Å². The monoisotopic (exact) mass is 274 g/mol. The first kappa shape index (κ1) is 12.8. The Labute approximate surface area is 119 Å². The van der Waals surface area contributed by atoms with E-state index in [2.05, 4.69) is 12.1 Å². The maximum atomic E-state index is 11.5. The molecule has 2 atom stereocenters. The highest BCUT2D eigenvalue weighted by Gasteiger charge is 2.65. The fourth-order valence-corrected chi connectivity index (χ4v) is 4.39. The van der Waals surface area contributed by atoms with Crippen LogP contribution in [-0.2, 0) is 15.1 Å². The lowest BCUT2D eigenvalue weighted by Crippen LogP contribution is -2.61. The topological polar surface area (TPSA) is 38.7 Å². The average molecular weight is 274 g/mol. The molecule has 1 aromatic rings. The van der Waals surface area contributed by atoms with Crippen LogP contribution in [0.3, 0.4) is 0 Å². The summed E-state index contributed by atoms with van der Waals surface area (Å²) in [6.07, 6.45) is 6.52. The molecule has 20 heavy (non-hydrogen) atoms. The molecular weight excluding hydrogens is 252 g/mol. The van der Waals surface area contributed by atoms with Crippen LogP contribution < -0.4 is 0 Å². The predicted octanol–water partition coefficient (Wildman–Crippen LogP) is 3.07. The van der Waals surface area contributed by atoms with E-state index in [0.717, 1.165) is 24.8 Å². The van der Waals surface area contributed by atoms with Gasteiger partial charge in [0.2, 0.25) is 5.79 Å². The van der Waals surface area contributed by atoms with Crippen LogP contribution in [0.4, 0.5) is 0 Å². The van der Waals surface area contributed by atoms with E-state index in [1.807, 2.05) is 12.1 Å². The van der Waals surface area contributed by atoms with E-state index in [-0.39, 0.29) is 5.92 Å². The van der Waals surface area contributed by atoms with Gasteiger partial charge in [0.1, 0.15) is 0 Å². The first-order valence-corrected chi connectivity index (χ1v) is 7.88. The molecule has 1 heterocycles. The predicted molar refractivity (Wildman–Crippen MR) is 75.4 cm³/mol. The summed E-state index contributed by atoms with van der Waals surface area (Å²) < 4.78 is 12.0. The van der Waals surface area contributed by atoms with Crippen LogP contribution >= 0.6 is 0 Å². The maximum absolute atomic E-state index is 11.5. The lowest BCUT2D eigenvalue weighted by Gasteiger charge is -2.55. The van der Waals surface area contributed by atoms with Crippen molar-refractivity contribution in [3.8, 4) is 0 Å². The summed E-state index contributed by atoms with van der Waals surface area (Å²) >= 11 is 0. The molecule has 2 aliphatic carbocycles. The van der Waals surface area contributed by atoms with Crippen LogP contribution in [0.5, 0.6) is 0 Å². The molecular formula is C17H22O3. The van der Waals surface area contributed by atoms with Crippen LogP contribution in [0.25, 0.3) is 0 Å². The van der Waals surface area contributed by atoms with E-state index in [1.54, 1.807) is 0 Å². The van der Waals surface area contributed by atoms with Gasteiger partial charge in [0.25, 0.3) is 0 Å². The van der Waals surface area contributed by atoms with Crippen molar-refractivity contribution in [1.82, 2.24) is 0 Å². The smallest absolute Gasteiger partial charge is 0.202 e. The maximum Gasteiger partial charge on any atom is 0.202 e. The molecule has 0 radical (unpaired) electrons. The van der Waals surface area contributed by atoms with Crippen LogP contribution in [0.15, 0.2) is 24.3 Å². The third-order valence-corrected chi connectivity index (χ3v) is 5.33. The summed E-state index contributed by atoms with van der Waals surface area (Å²) in [5.74, 6) is -0.647. The van der Waals surface area contributed by atoms with Crippen molar-refractivity contribution in [1.29, 1.82) is 0 Å². The molecule has 1 N–H and O–H groups in total. The van der Waals surface area contributed by atoms with Crippen molar-refractivity contribution in [2.45, 2.75) is 55.8 Å².